The minimum Gasteiger partial charge on any atom is -0.314 e. The highest BCUT2D eigenvalue weighted by Crippen LogP contribution is 2.44. The number of unbranched alkanes of at least 4 members (excludes halogenated alkanes) is 18. The minimum absolute atomic E-state index is 0.523. The van der Waals surface area contributed by atoms with Crippen molar-refractivity contribution in [3.63, 3.8) is 0 Å². The van der Waals surface area contributed by atoms with E-state index in [-0.39, 0.29) is 0 Å². The Labute approximate surface area is 221 Å². The summed E-state index contributed by atoms with van der Waals surface area (Å²) in [6.07, 6.45) is 34.1. The summed E-state index contributed by atoms with van der Waals surface area (Å²) < 4.78 is 24.8. The van der Waals surface area contributed by atoms with E-state index in [0.717, 1.165) is 25.7 Å². The maximum absolute atomic E-state index is 12.1. The van der Waals surface area contributed by atoms with E-state index in [9.17, 15) is 9.13 Å². The van der Waals surface area contributed by atoms with Gasteiger partial charge in [0.25, 0.3) is 0 Å². The average molecular weight is 513 g/mol. The van der Waals surface area contributed by atoms with E-state index in [0.29, 0.717) is 4.48 Å². The Kier molecular flexibility index (Phi) is 22.5. The molecule has 3 nitrogen and oxygen atoms in total. The topological polar surface area (TPSA) is 34.1 Å². The van der Waals surface area contributed by atoms with Gasteiger partial charge in [0, 0.05) is 12.8 Å². The third-order valence-electron chi connectivity index (χ3n) is 7.83. The van der Waals surface area contributed by atoms with Crippen LogP contribution in [0.2, 0.25) is 0 Å². The summed E-state index contributed by atoms with van der Waals surface area (Å²) in [4.78, 5) is 0. The Morgan fingerprint density at radius 1 is 0.514 bits per heavy atom. The number of nitrogens with zero attached hydrogens (tertiary/aromatic N) is 1. The zero-order chi connectivity index (χ0) is 26.3. The first kappa shape index (κ1) is 34.6. The highest BCUT2D eigenvalue weighted by Gasteiger charge is 2.47. The van der Waals surface area contributed by atoms with Gasteiger partial charge in [-0.05, 0) is 38.5 Å². The van der Waals surface area contributed by atoms with Crippen molar-refractivity contribution >= 4 is 7.68 Å². The monoisotopic (exact) mass is 512 g/mol. The summed E-state index contributed by atoms with van der Waals surface area (Å²) in [7, 11) is 3.69. The van der Waals surface area contributed by atoms with E-state index in [1.807, 2.05) is 21.1 Å². The second kappa shape index (κ2) is 22.8. The molecule has 35 heavy (non-hydrogen) atoms. The quantitative estimate of drug-likeness (QED) is 0.0500. The molecule has 0 aliphatic carbocycles. The SMILES string of the molecule is CCCCCCCCC=CCCCCCCCCCCCCCCC(CCC)(P(=O)=O)[N+](C)(C)C. The lowest BCUT2D eigenvalue weighted by atomic mass is 9.99. The fourth-order valence-corrected chi connectivity index (χ4v) is 6.58. The van der Waals surface area contributed by atoms with Gasteiger partial charge in [0.05, 0.1) is 21.1 Å². The van der Waals surface area contributed by atoms with Crippen molar-refractivity contribution in [1.82, 2.24) is 0 Å². The van der Waals surface area contributed by atoms with Gasteiger partial charge in [-0.3, -0.25) is 0 Å². The molecule has 0 rings (SSSR count). The fraction of sp³-hybridized carbons (Fsp3) is 0.935. The lowest BCUT2D eigenvalue weighted by molar-refractivity contribution is -0.908. The van der Waals surface area contributed by atoms with Crippen molar-refractivity contribution in [1.29, 1.82) is 0 Å². The number of hydrogen-bond donors (Lipinski definition) is 0. The van der Waals surface area contributed by atoms with Gasteiger partial charge in [-0.15, -0.1) is 0 Å². The molecule has 0 aliphatic rings. The van der Waals surface area contributed by atoms with Gasteiger partial charge in [-0.2, -0.15) is 0 Å². The summed E-state index contributed by atoms with van der Waals surface area (Å²) in [5.41, 5.74) is 0. The van der Waals surface area contributed by atoms with E-state index in [4.69, 9.17) is 0 Å². The maximum Gasteiger partial charge on any atom is 0.378 e. The predicted octanol–water partition coefficient (Wildman–Crippen LogP) is 11.1. The van der Waals surface area contributed by atoms with E-state index in [1.54, 1.807) is 0 Å². The summed E-state index contributed by atoms with van der Waals surface area (Å²) in [5.74, 6) is 0. The number of rotatable bonds is 26. The zero-order valence-corrected chi connectivity index (χ0v) is 25.5. The molecule has 0 heterocycles. The van der Waals surface area contributed by atoms with Gasteiger partial charge in [-0.25, -0.2) is 9.13 Å². The van der Waals surface area contributed by atoms with Crippen LogP contribution in [0.3, 0.4) is 0 Å². The molecule has 0 bridgehead atoms. The van der Waals surface area contributed by atoms with Gasteiger partial charge in [-0.1, -0.05) is 122 Å². The third kappa shape index (κ3) is 17.6. The van der Waals surface area contributed by atoms with Gasteiger partial charge < -0.3 is 4.48 Å². The average Bonchev–Trinajstić information content (AvgIpc) is 2.80. The van der Waals surface area contributed by atoms with Crippen LogP contribution in [0.15, 0.2) is 12.2 Å². The molecule has 0 spiro atoms. The van der Waals surface area contributed by atoms with Crippen LogP contribution in [0.1, 0.15) is 162 Å². The molecule has 0 saturated heterocycles. The maximum atomic E-state index is 12.1. The summed E-state index contributed by atoms with van der Waals surface area (Å²) >= 11 is 0. The molecule has 0 aliphatic heterocycles. The van der Waals surface area contributed by atoms with Crippen LogP contribution in [-0.2, 0) is 9.13 Å². The molecule has 4 heteroatoms. The van der Waals surface area contributed by atoms with Crippen molar-refractivity contribution in [3.05, 3.63) is 12.2 Å². The van der Waals surface area contributed by atoms with Crippen LogP contribution in [0.5, 0.6) is 0 Å². The van der Waals surface area contributed by atoms with Crippen molar-refractivity contribution in [3.8, 4) is 0 Å². The number of quaternary nitrogens is 1. The van der Waals surface area contributed by atoms with Crippen molar-refractivity contribution in [2.24, 2.45) is 0 Å². The first-order valence-corrected chi connectivity index (χ1v) is 16.6. The Hall–Kier alpha value is -0.400. The smallest absolute Gasteiger partial charge is 0.314 e. The molecule has 1 atom stereocenters. The zero-order valence-electron chi connectivity index (χ0n) is 24.6. The molecule has 0 saturated carbocycles. The fourth-order valence-electron chi connectivity index (χ4n) is 5.34. The van der Waals surface area contributed by atoms with Crippen molar-refractivity contribution in [2.45, 2.75) is 167 Å². The van der Waals surface area contributed by atoms with Crippen LogP contribution < -0.4 is 0 Å². The molecule has 0 aromatic heterocycles. The molecule has 0 N–H and O–H groups in total. The van der Waals surface area contributed by atoms with E-state index in [2.05, 4.69) is 26.0 Å². The molecule has 1 unspecified atom stereocenters. The third-order valence-corrected chi connectivity index (χ3v) is 9.55. The van der Waals surface area contributed by atoms with Crippen LogP contribution >= 0.6 is 7.68 Å². The highest BCUT2D eigenvalue weighted by molar-refractivity contribution is 7.32. The first-order valence-electron chi connectivity index (χ1n) is 15.4. The summed E-state index contributed by atoms with van der Waals surface area (Å²) in [6, 6.07) is 0. The van der Waals surface area contributed by atoms with Crippen LogP contribution in [0.4, 0.5) is 0 Å². The van der Waals surface area contributed by atoms with Gasteiger partial charge in [0.2, 0.25) is 5.28 Å². The van der Waals surface area contributed by atoms with E-state index >= 15 is 0 Å². The van der Waals surface area contributed by atoms with Crippen LogP contribution in [0.25, 0.3) is 0 Å². The molecule has 0 radical (unpaired) electrons. The number of allylic oxidation sites excluding steroid dienone is 2. The molecular formula is C31H63NO2P+. The lowest BCUT2D eigenvalue weighted by Crippen LogP contribution is -2.53. The Morgan fingerprint density at radius 2 is 0.886 bits per heavy atom. The van der Waals surface area contributed by atoms with Gasteiger partial charge in [0.15, 0.2) is 0 Å². The molecule has 0 aromatic carbocycles. The van der Waals surface area contributed by atoms with Crippen molar-refractivity contribution < 1.29 is 13.6 Å². The largest absolute Gasteiger partial charge is 0.378 e. The lowest BCUT2D eigenvalue weighted by Gasteiger charge is -2.41. The van der Waals surface area contributed by atoms with Gasteiger partial charge in [0.1, 0.15) is 0 Å². The molecule has 0 fully saturated rings. The Morgan fingerprint density at radius 3 is 1.23 bits per heavy atom. The Bertz CT molecular complexity index is 557. The van der Waals surface area contributed by atoms with Crippen LogP contribution in [0, 0.1) is 0 Å². The highest BCUT2D eigenvalue weighted by atomic mass is 31.1. The molecule has 0 aromatic rings. The summed E-state index contributed by atoms with van der Waals surface area (Å²) in [6.45, 7) is 4.38. The normalized spacial score (nSPS) is 14.0. The second-order valence-electron chi connectivity index (χ2n) is 11.8. The Balaban J connectivity index is 3.54. The standard InChI is InChI=1S/C31H63NO2P/c1-6-8-9-10-11-12-13-14-15-16-17-18-19-20-21-22-23-24-25-26-27-28-30-31(29-7-2,35(33)34)32(3,4)5/h14-15H,6-13,16-30H2,1-5H3/q+1. The van der Waals surface area contributed by atoms with E-state index < -0.39 is 13.0 Å². The molecule has 0 amide bonds. The second-order valence-corrected chi connectivity index (χ2v) is 13.2. The molecular weight excluding hydrogens is 449 g/mol. The van der Waals surface area contributed by atoms with E-state index in [1.165, 1.54) is 122 Å². The predicted molar refractivity (Wildman–Crippen MR) is 156 cm³/mol. The summed E-state index contributed by atoms with van der Waals surface area (Å²) in [5, 5.41) is -0.589. The molecule has 208 valence electrons. The van der Waals surface area contributed by atoms with Crippen LogP contribution in [-0.4, -0.2) is 30.9 Å². The number of hydrogen-bond acceptors (Lipinski definition) is 2. The van der Waals surface area contributed by atoms with Crippen molar-refractivity contribution in [2.75, 3.05) is 21.1 Å². The first-order chi connectivity index (χ1) is 16.8. The van der Waals surface area contributed by atoms with Gasteiger partial charge >= 0.3 is 7.68 Å². The minimum atomic E-state index is -2.42.